The van der Waals surface area contributed by atoms with Gasteiger partial charge in [0.05, 0.1) is 6.10 Å². The minimum atomic E-state index is -1.44. The molecule has 0 spiro atoms. The molecule has 1 N–H and O–H groups in total. The fourth-order valence-corrected chi connectivity index (χ4v) is 1.77. The lowest BCUT2D eigenvalue weighted by atomic mass is 10.00. The predicted octanol–water partition coefficient (Wildman–Crippen LogP) is 1.67. The Morgan fingerprint density at radius 2 is 2.19 bits per heavy atom. The predicted molar refractivity (Wildman–Crippen MR) is 56.8 cm³/mol. The SMILES string of the molecule is CC1CCc2ccc(C(=O)C(=O)O)cc2O1. The number of hydrogen-bond donors (Lipinski definition) is 1. The largest absolute Gasteiger partial charge is 0.490 e. The molecule has 0 aliphatic carbocycles. The molecule has 1 heterocycles. The molecule has 1 aliphatic heterocycles. The first-order valence-corrected chi connectivity index (χ1v) is 5.15. The highest BCUT2D eigenvalue weighted by molar-refractivity contribution is 6.39. The van der Waals surface area contributed by atoms with E-state index in [9.17, 15) is 9.59 Å². The fourth-order valence-electron chi connectivity index (χ4n) is 1.77. The molecule has 0 aromatic heterocycles. The molecule has 0 radical (unpaired) electrons. The molecule has 4 heteroatoms. The number of carboxylic acids is 1. The van der Waals surface area contributed by atoms with Crippen LogP contribution < -0.4 is 4.74 Å². The fraction of sp³-hybridized carbons (Fsp3) is 0.333. The van der Waals surface area contributed by atoms with Crippen molar-refractivity contribution in [1.29, 1.82) is 0 Å². The molecule has 1 aromatic carbocycles. The molecule has 0 bridgehead atoms. The lowest BCUT2D eigenvalue weighted by Crippen LogP contribution is -2.20. The van der Waals surface area contributed by atoms with Gasteiger partial charge in [-0.05, 0) is 31.4 Å². The number of Topliss-reactive ketones (excluding diaryl/α,β-unsaturated/α-hetero) is 1. The van der Waals surface area contributed by atoms with Crippen molar-refractivity contribution in [2.75, 3.05) is 0 Å². The number of carboxylic acid groups (broad SMARTS) is 1. The number of rotatable bonds is 2. The van der Waals surface area contributed by atoms with Gasteiger partial charge in [-0.1, -0.05) is 12.1 Å². The molecule has 1 aromatic rings. The van der Waals surface area contributed by atoms with Gasteiger partial charge in [0, 0.05) is 5.56 Å². The number of benzene rings is 1. The molecule has 0 saturated heterocycles. The minimum absolute atomic E-state index is 0.114. The highest BCUT2D eigenvalue weighted by Crippen LogP contribution is 2.28. The van der Waals surface area contributed by atoms with Gasteiger partial charge in [-0.2, -0.15) is 0 Å². The number of hydrogen-bond acceptors (Lipinski definition) is 3. The first kappa shape index (κ1) is 10.7. The van der Waals surface area contributed by atoms with Crippen LogP contribution in [0.5, 0.6) is 5.75 Å². The second-order valence-corrected chi connectivity index (χ2v) is 3.92. The molecule has 1 aliphatic rings. The van der Waals surface area contributed by atoms with Gasteiger partial charge >= 0.3 is 5.97 Å². The Labute approximate surface area is 92.8 Å². The third-order valence-corrected chi connectivity index (χ3v) is 2.67. The van der Waals surface area contributed by atoms with Crippen LogP contribution in [0.25, 0.3) is 0 Å². The number of fused-ring (bicyclic) bond motifs is 1. The number of ether oxygens (including phenoxy) is 1. The summed E-state index contributed by atoms with van der Waals surface area (Å²) in [6, 6.07) is 4.81. The van der Waals surface area contributed by atoms with Crippen LogP contribution in [0.3, 0.4) is 0 Å². The Bertz CT molecular complexity index is 450. The van der Waals surface area contributed by atoms with Crippen molar-refractivity contribution in [2.24, 2.45) is 0 Å². The molecular weight excluding hydrogens is 208 g/mol. The van der Waals surface area contributed by atoms with Crippen molar-refractivity contribution in [1.82, 2.24) is 0 Å². The molecule has 1 atom stereocenters. The molecular formula is C12H12O4. The van der Waals surface area contributed by atoms with E-state index >= 15 is 0 Å². The van der Waals surface area contributed by atoms with Gasteiger partial charge in [0.2, 0.25) is 0 Å². The number of carbonyl (C=O) groups is 2. The summed E-state index contributed by atoms with van der Waals surface area (Å²) in [5.74, 6) is -1.71. The summed E-state index contributed by atoms with van der Waals surface area (Å²) in [6.07, 6.45) is 1.96. The van der Waals surface area contributed by atoms with Crippen LogP contribution >= 0.6 is 0 Å². The van der Waals surface area contributed by atoms with Crippen molar-refractivity contribution in [3.63, 3.8) is 0 Å². The highest BCUT2D eigenvalue weighted by Gasteiger charge is 2.20. The van der Waals surface area contributed by atoms with E-state index in [2.05, 4.69) is 0 Å². The third kappa shape index (κ3) is 1.91. The second-order valence-electron chi connectivity index (χ2n) is 3.92. The summed E-state index contributed by atoms with van der Waals surface area (Å²) in [5, 5.41) is 8.60. The molecule has 2 rings (SSSR count). The van der Waals surface area contributed by atoms with E-state index in [1.54, 1.807) is 6.07 Å². The number of ketones is 1. The second kappa shape index (κ2) is 3.96. The van der Waals surface area contributed by atoms with E-state index in [4.69, 9.17) is 9.84 Å². The summed E-state index contributed by atoms with van der Waals surface area (Å²) in [4.78, 5) is 21.8. The standard InChI is InChI=1S/C12H12O4/c1-7-2-3-8-4-5-9(6-10(8)16-7)11(13)12(14)15/h4-7H,2-3H2,1H3,(H,14,15). The molecule has 0 fully saturated rings. The summed E-state index contributed by atoms with van der Waals surface area (Å²) in [5.41, 5.74) is 1.19. The van der Waals surface area contributed by atoms with E-state index in [0.717, 1.165) is 18.4 Å². The van der Waals surface area contributed by atoms with E-state index in [0.29, 0.717) is 5.75 Å². The zero-order chi connectivity index (χ0) is 11.7. The van der Waals surface area contributed by atoms with Crippen LogP contribution in [-0.2, 0) is 11.2 Å². The first-order chi connectivity index (χ1) is 7.58. The van der Waals surface area contributed by atoms with E-state index in [1.807, 2.05) is 6.92 Å². The summed E-state index contributed by atoms with van der Waals surface area (Å²) >= 11 is 0. The monoisotopic (exact) mass is 220 g/mol. The Morgan fingerprint density at radius 1 is 1.44 bits per heavy atom. The maximum Gasteiger partial charge on any atom is 0.377 e. The smallest absolute Gasteiger partial charge is 0.377 e. The van der Waals surface area contributed by atoms with Crippen molar-refractivity contribution >= 4 is 11.8 Å². The molecule has 16 heavy (non-hydrogen) atoms. The van der Waals surface area contributed by atoms with Crippen LogP contribution in [-0.4, -0.2) is 23.0 Å². The van der Waals surface area contributed by atoms with E-state index in [-0.39, 0.29) is 11.7 Å². The Hall–Kier alpha value is -1.84. The van der Waals surface area contributed by atoms with Crippen molar-refractivity contribution in [3.8, 4) is 5.75 Å². The van der Waals surface area contributed by atoms with Gasteiger partial charge in [0.15, 0.2) is 0 Å². The number of aliphatic carboxylic acids is 1. The Morgan fingerprint density at radius 3 is 2.88 bits per heavy atom. The van der Waals surface area contributed by atoms with Crippen LogP contribution in [0, 0.1) is 0 Å². The average Bonchev–Trinajstić information content (AvgIpc) is 2.26. The topological polar surface area (TPSA) is 63.6 Å². The van der Waals surface area contributed by atoms with E-state index in [1.165, 1.54) is 12.1 Å². The van der Waals surface area contributed by atoms with Crippen LogP contribution in [0.4, 0.5) is 0 Å². The van der Waals surface area contributed by atoms with Gasteiger partial charge in [0.25, 0.3) is 5.78 Å². The number of aryl methyl sites for hydroxylation is 1. The number of carbonyl (C=O) groups excluding carboxylic acids is 1. The zero-order valence-corrected chi connectivity index (χ0v) is 8.90. The summed E-state index contributed by atoms with van der Waals surface area (Å²) < 4.78 is 5.56. The lowest BCUT2D eigenvalue weighted by Gasteiger charge is -2.23. The van der Waals surface area contributed by atoms with Gasteiger partial charge in [-0.3, -0.25) is 4.79 Å². The maximum absolute atomic E-state index is 11.3. The van der Waals surface area contributed by atoms with Gasteiger partial charge in [0.1, 0.15) is 5.75 Å². The van der Waals surface area contributed by atoms with Crippen LogP contribution in [0.15, 0.2) is 18.2 Å². The average molecular weight is 220 g/mol. The lowest BCUT2D eigenvalue weighted by molar-refractivity contribution is -0.131. The molecule has 1 unspecified atom stereocenters. The minimum Gasteiger partial charge on any atom is -0.490 e. The van der Waals surface area contributed by atoms with Crippen LogP contribution in [0.2, 0.25) is 0 Å². The molecule has 4 nitrogen and oxygen atoms in total. The molecule has 0 saturated carbocycles. The van der Waals surface area contributed by atoms with Gasteiger partial charge < -0.3 is 9.84 Å². The van der Waals surface area contributed by atoms with Crippen molar-refractivity contribution in [2.45, 2.75) is 25.9 Å². The maximum atomic E-state index is 11.3. The van der Waals surface area contributed by atoms with Gasteiger partial charge in [-0.25, -0.2) is 4.79 Å². The summed E-state index contributed by atoms with van der Waals surface area (Å²) in [6.45, 7) is 1.95. The molecule has 84 valence electrons. The van der Waals surface area contributed by atoms with Crippen molar-refractivity contribution in [3.05, 3.63) is 29.3 Å². The third-order valence-electron chi connectivity index (χ3n) is 2.67. The first-order valence-electron chi connectivity index (χ1n) is 5.15. The normalized spacial score (nSPS) is 18.4. The molecule has 0 amide bonds. The zero-order valence-electron chi connectivity index (χ0n) is 8.90. The quantitative estimate of drug-likeness (QED) is 0.608. The summed E-state index contributed by atoms with van der Waals surface area (Å²) in [7, 11) is 0. The Balaban J connectivity index is 2.35. The van der Waals surface area contributed by atoms with E-state index < -0.39 is 11.8 Å². The highest BCUT2D eigenvalue weighted by atomic mass is 16.5. The van der Waals surface area contributed by atoms with Gasteiger partial charge in [-0.15, -0.1) is 0 Å². The van der Waals surface area contributed by atoms with Crippen LogP contribution in [0.1, 0.15) is 29.3 Å². The Kier molecular flexibility index (Phi) is 2.64. The van der Waals surface area contributed by atoms with Crippen molar-refractivity contribution < 1.29 is 19.4 Å².